The fraction of sp³-hybridized carbons (Fsp3) is 0.182. The Morgan fingerprint density at radius 3 is 2.93 bits per heavy atom. The number of carbonyl (C=O) groups is 1. The van der Waals surface area contributed by atoms with Gasteiger partial charge in [-0.2, -0.15) is 0 Å². The van der Waals surface area contributed by atoms with Gasteiger partial charge in [-0.05, 0) is 12.1 Å². The SMILES string of the molecule is COC(=O)c1c(F)cccc1C#CCO. The van der Waals surface area contributed by atoms with Crippen molar-refractivity contribution in [1.82, 2.24) is 0 Å². The van der Waals surface area contributed by atoms with Gasteiger partial charge in [-0.25, -0.2) is 9.18 Å². The molecule has 0 amide bonds. The number of ether oxygens (including phenoxy) is 1. The Balaban J connectivity index is 3.26. The zero-order valence-electron chi connectivity index (χ0n) is 8.08. The topological polar surface area (TPSA) is 46.5 Å². The van der Waals surface area contributed by atoms with Crippen molar-refractivity contribution >= 4 is 5.97 Å². The lowest BCUT2D eigenvalue weighted by molar-refractivity contribution is 0.0595. The number of hydrogen-bond acceptors (Lipinski definition) is 3. The molecule has 3 nitrogen and oxygen atoms in total. The van der Waals surface area contributed by atoms with E-state index in [4.69, 9.17) is 5.11 Å². The van der Waals surface area contributed by atoms with Crippen molar-refractivity contribution in [3.63, 3.8) is 0 Å². The minimum Gasteiger partial charge on any atom is -0.465 e. The van der Waals surface area contributed by atoms with Gasteiger partial charge in [0.05, 0.1) is 7.11 Å². The lowest BCUT2D eigenvalue weighted by Crippen LogP contribution is -2.07. The molecule has 15 heavy (non-hydrogen) atoms. The molecule has 0 aliphatic rings. The largest absolute Gasteiger partial charge is 0.465 e. The first-order chi connectivity index (χ1) is 7.20. The Labute approximate surface area is 86.5 Å². The van der Waals surface area contributed by atoms with E-state index in [-0.39, 0.29) is 17.7 Å². The fourth-order valence-corrected chi connectivity index (χ4v) is 1.07. The number of esters is 1. The Bertz CT molecular complexity index is 429. The van der Waals surface area contributed by atoms with Crippen LogP contribution in [0.1, 0.15) is 15.9 Å². The van der Waals surface area contributed by atoms with Crippen LogP contribution >= 0.6 is 0 Å². The van der Waals surface area contributed by atoms with Crippen LogP contribution in [0.5, 0.6) is 0 Å². The third-order valence-electron chi connectivity index (χ3n) is 1.71. The quantitative estimate of drug-likeness (QED) is 0.552. The first-order valence-electron chi connectivity index (χ1n) is 4.17. The van der Waals surface area contributed by atoms with Crippen LogP contribution in [0.4, 0.5) is 4.39 Å². The third kappa shape index (κ3) is 2.55. The third-order valence-corrected chi connectivity index (χ3v) is 1.71. The number of benzene rings is 1. The number of hydrogen-bond donors (Lipinski definition) is 1. The van der Waals surface area contributed by atoms with Gasteiger partial charge in [0.2, 0.25) is 0 Å². The highest BCUT2D eigenvalue weighted by atomic mass is 19.1. The molecule has 78 valence electrons. The maximum Gasteiger partial charge on any atom is 0.342 e. The van der Waals surface area contributed by atoms with Gasteiger partial charge in [-0.15, -0.1) is 0 Å². The van der Waals surface area contributed by atoms with Gasteiger partial charge in [0.15, 0.2) is 0 Å². The summed E-state index contributed by atoms with van der Waals surface area (Å²) in [7, 11) is 1.16. The van der Waals surface area contributed by atoms with Gasteiger partial charge in [0.1, 0.15) is 18.0 Å². The van der Waals surface area contributed by atoms with Crippen LogP contribution in [0, 0.1) is 17.7 Å². The minimum absolute atomic E-state index is 0.205. The maximum atomic E-state index is 13.3. The monoisotopic (exact) mass is 208 g/mol. The molecule has 1 rings (SSSR count). The summed E-state index contributed by atoms with van der Waals surface area (Å²) in [5, 5.41) is 8.50. The van der Waals surface area contributed by atoms with Gasteiger partial charge in [-0.3, -0.25) is 0 Å². The number of aliphatic hydroxyl groups excluding tert-OH is 1. The summed E-state index contributed by atoms with van der Waals surface area (Å²) >= 11 is 0. The van der Waals surface area contributed by atoms with E-state index in [0.717, 1.165) is 13.2 Å². The minimum atomic E-state index is -0.782. The number of methoxy groups -OCH3 is 1. The standard InChI is InChI=1S/C11H9FO3/c1-15-11(14)10-8(5-3-7-13)4-2-6-9(10)12/h2,4,6,13H,7H2,1H3. The number of halogens is 1. The van der Waals surface area contributed by atoms with Gasteiger partial charge in [0, 0.05) is 5.56 Å². The van der Waals surface area contributed by atoms with Gasteiger partial charge in [0.25, 0.3) is 0 Å². The first kappa shape index (κ1) is 11.2. The van der Waals surface area contributed by atoms with Crippen molar-refractivity contribution in [2.45, 2.75) is 0 Å². The molecule has 1 aromatic carbocycles. The lowest BCUT2D eigenvalue weighted by atomic mass is 10.1. The van der Waals surface area contributed by atoms with E-state index in [1.807, 2.05) is 0 Å². The molecule has 0 unspecified atom stereocenters. The van der Waals surface area contributed by atoms with Crippen LogP contribution in [0.15, 0.2) is 18.2 Å². The second kappa shape index (κ2) is 5.13. The van der Waals surface area contributed by atoms with Gasteiger partial charge >= 0.3 is 5.97 Å². The van der Waals surface area contributed by atoms with Crippen LogP contribution in [-0.4, -0.2) is 24.8 Å². The number of carbonyl (C=O) groups excluding carboxylic acids is 1. The molecule has 0 bridgehead atoms. The van der Waals surface area contributed by atoms with Crippen molar-refractivity contribution in [2.24, 2.45) is 0 Å². The molecule has 0 spiro atoms. The molecular weight excluding hydrogens is 199 g/mol. The summed E-state index contributed by atoms with van der Waals surface area (Å²) in [4.78, 5) is 11.2. The Kier molecular flexibility index (Phi) is 3.83. The van der Waals surface area contributed by atoms with Crippen molar-refractivity contribution in [3.05, 3.63) is 35.1 Å². The van der Waals surface area contributed by atoms with Gasteiger partial charge in [-0.1, -0.05) is 17.9 Å². The molecule has 0 saturated carbocycles. The maximum absolute atomic E-state index is 13.3. The smallest absolute Gasteiger partial charge is 0.342 e. The highest BCUT2D eigenvalue weighted by Gasteiger charge is 2.15. The first-order valence-corrected chi connectivity index (χ1v) is 4.17. The predicted molar refractivity (Wildman–Crippen MR) is 51.7 cm³/mol. The van der Waals surface area contributed by atoms with E-state index in [9.17, 15) is 9.18 Å². The molecule has 0 fully saturated rings. The molecule has 0 heterocycles. The molecule has 0 aliphatic carbocycles. The molecular formula is C11H9FO3. The van der Waals surface area contributed by atoms with Crippen molar-refractivity contribution in [1.29, 1.82) is 0 Å². The molecule has 0 aliphatic heterocycles. The number of rotatable bonds is 1. The van der Waals surface area contributed by atoms with Crippen LogP contribution in [0.25, 0.3) is 0 Å². The second-order valence-corrected chi connectivity index (χ2v) is 2.61. The van der Waals surface area contributed by atoms with E-state index in [1.54, 1.807) is 0 Å². The lowest BCUT2D eigenvalue weighted by Gasteiger charge is -2.03. The average Bonchev–Trinajstić information content (AvgIpc) is 2.25. The van der Waals surface area contributed by atoms with E-state index >= 15 is 0 Å². The molecule has 1 aromatic rings. The van der Waals surface area contributed by atoms with E-state index in [0.29, 0.717) is 0 Å². The molecule has 0 radical (unpaired) electrons. The highest BCUT2D eigenvalue weighted by molar-refractivity contribution is 5.92. The van der Waals surface area contributed by atoms with Crippen LogP contribution in [-0.2, 0) is 4.74 Å². The van der Waals surface area contributed by atoms with Crippen LogP contribution in [0.2, 0.25) is 0 Å². The van der Waals surface area contributed by atoms with E-state index in [2.05, 4.69) is 16.6 Å². The normalized spacial score (nSPS) is 9.00. The van der Waals surface area contributed by atoms with E-state index in [1.165, 1.54) is 12.1 Å². The molecule has 4 heteroatoms. The Morgan fingerprint density at radius 1 is 1.60 bits per heavy atom. The summed E-state index contributed by atoms with van der Waals surface area (Å²) in [6.45, 7) is -0.350. The average molecular weight is 208 g/mol. The Hall–Kier alpha value is -1.86. The molecule has 0 saturated heterocycles. The van der Waals surface area contributed by atoms with Gasteiger partial charge < -0.3 is 9.84 Å². The second-order valence-electron chi connectivity index (χ2n) is 2.61. The zero-order chi connectivity index (χ0) is 11.3. The zero-order valence-corrected chi connectivity index (χ0v) is 8.08. The summed E-state index contributed by atoms with van der Waals surface area (Å²) < 4.78 is 17.7. The molecule has 0 aromatic heterocycles. The van der Waals surface area contributed by atoms with E-state index < -0.39 is 11.8 Å². The van der Waals surface area contributed by atoms with Crippen molar-refractivity contribution in [3.8, 4) is 11.8 Å². The molecule has 1 N–H and O–H groups in total. The summed E-state index contributed by atoms with van der Waals surface area (Å²) in [6.07, 6.45) is 0. The fourth-order valence-electron chi connectivity index (χ4n) is 1.07. The highest BCUT2D eigenvalue weighted by Crippen LogP contribution is 2.13. The predicted octanol–water partition coefficient (Wildman–Crippen LogP) is 0.956. The Morgan fingerprint density at radius 2 is 2.33 bits per heavy atom. The summed E-state index contributed by atoms with van der Waals surface area (Å²) in [6, 6.07) is 4.07. The van der Waals surface area contributed by atoms with Crippen molar-refractivity contribution in [2.75, 3.05) is 13.7 Å². The molecule has 0 atom stereocenters. The summed E-state index contributed by atoms with van der Waals surface area (Å²) in [5.74, 6) is 3.35. The van der Waals surface area contributed by atoms with Crippen LogP contribution in [0.3, 0.4) is 0 Å². The summed E-state index contributed by atoms with van der Waals surface area (Å²) in [5.41, 5.74) is -0.00292. The number of aliphatic hydroxyl groups is 1. The van der Waals surface area contributed by atoms with Crippen molar-refractivity contribution < 1.29 is 19.0 Å². The van der Waals surface area contributed by atoms with Crippen LogP contribution < -0.4 is 0 Å².